The number of tetrazole rings is 1. The molecule has 6 rings (SSSR count). The van der Waals surface area contributed by atoms with Crippen molar-refractivity contribution in [2.75, 3.05) is 5.32 Å². The van der Waals surface area contributed by atoms with Crippen molar-refractivity contribution in [3.05, 3.63) is 34.1 Å². The maximum absolute atomic E-state index is 13.0. The molecule has 1 aromatic carbocycles. The third kappa shape index (κ3) is 3.08. The molecule has 4 aliphatic rings. The van der Waals surface area contributed by atoms with E-state index in [1.165, 1.54) is 6.42 Å². The van der Waals surface area contributed by atoms with Crippen molar-refractivity contribution in [2.45, 2.75) is 64.3 Å². The molecule has 28 heavy (non-hydrogen) atoms. The topological polar surface area (TPSA) is 72.7 Å². The molecule has 1 aromatic heterocycles. The van der Waals surface area contributed by atoms with E-state index < -0.39 is 0 Å². The molecule has 2 unspecified atom stereocenters. The molecule has 4 fully saturated rings. The third-order valence-corrected chi connectivity index (χ3v) is 7.96. The van der Waals surface area contributed by atoms with Crippen LogP contribution >= 0.6 is 15.9 Å². The van der Waals surface area contributed by atoms with Gasteiger partial charge in [-0.3, -0.25) is 4.79 Å². The maximum Gasteiger partial charge on any atom is 0.224 e. The SMILES string of the molecule is Cc1nnn(C23CC4CC(CC(CC(=O)Nc5ccc(Br)c(C)c5)(C4)C2)C3)n1. The summed E-state index contributed by atoms with van der Waals surface area (Å²) in [5.74, 6) is 2.21. The molecule has 0 aliphatic heterocycles. The van der Waals surface area contributed by atoms with Crippen molar-refractivity contribution in [2.24, 2.45) is 17.3 Å². The molecular weight excluding hydrogens is 418 g/mol. The van der Waals surface area contributed by atoms with Crippen LogP contribution in [0.3, 0.4) is 0 Å². The van der Waals surface area contributed by atoms with Crippen molar-refractivity contribution in [1.29, 1.82) is 0 Å². The quantitative estimate of drug-likeness (QED) is 0.760. The molecule has 0 radical (unpaired) electrons. The first kappa shape index (κ1) is 18.3. The zero-order valence-electron chi connectivity index (χ0n) is 16.4. The highest BCUT2D eigenvalue weighted by atomic mass is 79.9. The standard InChI is InChI=1S/C21H26BrN5O/c1-13-5-17(3-4-18(13)22)23-19(28)11-20-7-15-6-16(8-20)10-21(9-15,12-20)27-25-14(2)24-26-27/h3-5,15-16H,6-12H2,1-2H3,(H,23,28). The van der Waals surface area contributed by atoms with E-state index in [1.54, 1.807) is 0 Å². The van der Waals surface area contributed by atoms with Crippen LogP contribution in [0.1, 0.15) is 56.3 Å². The zero-order chi connectivity index (χ0) is 19.5. The fraction of sp³-hybridized carbons (Fsp3) is 0.619. The Hall–Kier alpha value is -1.76. The number of anilines is 1. The fourth-order valence-electron chi connectivity index (χ4n) is 6.60. The first-order valence-corrected chi connectivity index (χ1v) is 11.0. The maximum atomic E-state index is 13.0. The van der Waals surface area contributed by atoms with E-state index in [2.05, 4.69) is 36.7 Å². The second-order valence-corrected chi connectivity index (χ2v) is 10.4. The molecule has 4 aliphatic carbocycles. The van der Waals surface area contributed by atoms with Gasteiger partial charge in [0.2, 0.25) is 5.91 Å². The third-order valence-electron chi connectivity index (χ3n) is 7.07. The summed E-state index contributed by atoms with van der Waals surface area (Å²) in [4.78, 5) is 14.9. The molecule has 1 heterocycles. The second kappa shape index (κ2) is 6.37. The minimum absolute atomic E-state index is 0.0418. The van der Waals surface area contributed by atoms with Crippen LogP contribution in [0, 0.1) is 31.1 Å². The van der Waals surface area contributed by atoms with Gasteiger partial charge >= 0.3 is 0 Å². The van der Waals surface area contributed by atoms with Gasteiger partial charge in [0, 0.05) is 16.6 Å². The van der Waals surface area contributed by atoms with E-state index in [0.29, 0.717) is 18.3 Å². The number of nitrogens with zero attached hydrogens (tertiary/aromatic N) is 4. The van der Waals surface area contributed by atoms with Crippen molar-refractivity contribution in [3.63, 3.8) is 0 Å². The summed E-state index contributed by atoms with van der Waals surface area (Å²) in [6.07, 6.45) is 7.46. The van der Waals surface area contributed by atoms with Gasteiger partial charge in [-0.15, -0.1) is 10.2 Å². The molecule has 4 bridgehead atoms. The fourth-order valence-corrected chi connectivity index (χ4v) is 6.84. The molecule has 7 heteroatoms. The number of aryl methyl sites for hydroxylation is 2. The van der Waals surface area contributed by atoms with E-state index in [-0.39, 0.29) is 16.9 Å². The molecule has 0 saturated heterocycles. The molecule has 1 N–H and O–H groups in total. The average Bonchev–Trinajstić information content (AvgIpc) is 3.04. The zero-order valence-corrected chi connectivity index (χ0v) is 18.0. The predicted molar refractivity (Wildman–Crippen MR) is 110 cm³/mol. The molecule has 2 aromatic rings. The number of nitrogens with one attached hydrogen (secondary N) is 1. The van der Waals surface area contributed by atoms with Gasteiger partial charge in [-0.2, -0.15) is 4.80 Å². The predicted octanol–water partition coefficient (Wildman–Crippen LogP) is 4.38. The number of rotatable bonds is 4. The smallest absolute Gasteiger partial charge is 0.224 e. The highest BCUT2D eigenvalue weighted by Gasteiger charge is 2.59. The van der Waals surface area contributed by atoms with Crippen molar-refractivity contribution in [3.8, 4) is 0 Å². The largest absolute Gasteiger partial charge is 0.326 e. The number of aromatic nitrogens is 4. The summed E-state index contributed by atoms with van der Waals surface area (Å²) in [6.45, 7) is 3.93. The number of halogens is 1. The summed E-state index contributed by atoms with van der Waals surface area (Å²) in [5, 5.41) is 16.2. The molecule has 4 saturated carbocycles. The van der Waals surface area contributed by atoms with Crippen LogP contribution < -0.4 is 5.32 Å². The highest BCUT2D eigenvalue weighted by molar-refractivity contribution is 9.10. The van der Waals surface area contributed by atoms with Gasteiger partial charge in [0.1, 0.15) is 0 Å². The van der Waals surface area contributed by atoms with E-state index >= 15 is 0 Å². The van der Waals surface area contributed by atoms with Gasteiger partial charge in [-0.25, -0.2) is 0 Å². The highest BCUT2D eigenvalue weighted by Crippen LogP contribution is 2.65. The minimum Gasteiger partial charge on any atom is -0.326 e. The van der Waals surface area contributed by atoms with Gasteiger partial charge in [-0.05, 0) is 98.6 Å². The lowest BCUT2D eigenvalue weighted by molar-refractivity contribution is -0.135. The lowest BCUT2D eigenvalue weighted by atomic mass is 9.46. The second-order valence-electron chi connectivity index (χ2n) is 9.50. The number of carbonyl (C=O) groups excluding carboxylic acids is 1. The number of benzene rings is 1. The first-order chi connectivity index (χ1) is 13.3. The Morgan fingerprint density at radius 3 is 2.64 bits per heavy atom. The summed E-state index contributed by atoms with van der Waals surface area (Å²) in [5.41, 5.74) is 2.03. The Morgan fingerprint density at radius 1 is 1.25 bits per heavy atom. The van der Waals surface area contributed by atoms with Crippen LogP contribution in [0.25, 0.3) is 0 Å². The summed E-state index contributed by atoms with van der Waals surface area (Å²) in [7, 11) is 0. The van der Waals surface area contributed by atoms with Gasteiger partial charge in [0.15, 0.2) is 5.82 Å². The number of amides is 1. The van der Waals surface area contributed by atoms with Crippen LogP contribution in [0.15, 0.2) is 22.7 Å². The normalized spacial score (nSPS) is 33.2. The lowest BCUT2D eigenvalue weighted by Gasteiger charge is -2.61. The Bertz CT molecular complexity index is 925. The molecular formula is C21H26BrN5O. The van der Waals surface area contributed by atoms with Crippen LogP contribution in [-0.4, -0.2) is 26.1 Å². The molecule has 6 nitrogen and oxygen atoms in total. The Balaban J connectivity index is 1.37. The van der Waals surface area contributed by atoms with Gasteiger partial charge < -0.3 is 5.32 Å². The van der Waals surface area contributed by atoms with Crippen molar-refractivity contribution >= 4 is 27.5 Å². The Morgan fingerprint density at radius 2 is 2.00 bits per heavy atom. The molecule has 148 valence electrons. The lowest BCUT2D eigenvalue weighted by Crippen LogP contribution is -2.57. The summed E-state index contributed by atoms with van der Waals surface area (Å²) < 4.78 is 1.06. The number of carbonyl (C=O) groups is 1. The van der Waals surface area contributed by atoms with Gasteiger partial charge in [0.25, 0.3) is 0 Å². The molecule has 0 spiro atoms. The van der Waals surface area contributed by atoms with Crippen molar-refractivity contribution < 1.29 is 4.79 Å². The van der Waals surface area contributed by atoms with Gasteiger partial charge in [-0.1, -0.05) is 15.9 Å². The van der Waals surface area contributed by atoms with E-state index in [4.69, 9.17) is 0 Å². The molecule has 1 amide bonds. The van der Waals surface area contributed by atoms with Crippen molar-refractivity contribution in [1.82, 2.24) is 20.2 Å². The minimum atomic E-state index is -0.0418. The number of hydrogen-bond acceptors (Lipinski definition) is 4. The van der Waals surface area contributed by atoms with Crippen LogP contribution in [0.5, 0.6) is 0 Å². The number of hydrogen-bond donors (Lipinski definition) is 1. The Kier molecular flexibility index (Phi) is 4.16. The average molecular weight is 444 g/mol. The van der Waals surface area contributed by atoms with Crippen LogP contribution in [0.4, 0.5) is 5.69 Å². The van der Waals surface area contributed by atoms with E-state index in [1.807, 2.05) is 36.8 Å². The Labute approximate surface area is 173 Å². The van der Waals surface area contributed by atoms with Crippen LogP contribution in [0.2, 0.25) is 0 Å². The van der Waals surface area contributed by atoms with E-state index in [9.17, 15) is 4.79 Å². The summed E-state index contributed by atoms with van der Waals surface area (Å²) >= 11 is 3.52. The van der Waals surface area contributed by atoms with Crippen LogP contribution in [-0.2, 0) is 10.3 Å². The summed E-state index contributed by atoms with van der Waals surface area (Å²) in [6, 6.07) is 5.97. The van der Waals surface area contributed by atoms with E-state index in [0.717, 1.165) is 53.7 Å². The molecule has 2 atom stereocenters. The monoisotopic (exact) mass is 443 g/mol. The van der Waals surface area contributed by atoms with Gasteiger partial charge in [0.05, 0.1) is 5.54 Å². The first-order valence-electron chi connectivity index (χ1n) is 10.2.